The second-order valence-corrected chi connectivity index (χ2v) is 6.45. The van der Waals surface area contributed by atoms with Gasteiger partial charge in [0.2, 0.25) is 5.13 Å². The van der Waals surface area contributed by atoms with E-state index < -0.39 is 0 Å². The molecule has 2 aromatic rings. The smallest absolute Gasteiger partial charge is 0.257 e. The van der Waals surface area contributed by atoms with Crippen molar-refractivity contribution in [3.63, 3.8) is 0 Å². The fourth-order valence-corrected chi connectivity index (χ4v) is 2.94. The van der Waals surface area contributed by atoms with Crippen LogP contribution >= 0.6 is 22.9 Å². The van der Waals surface area contributed by atoms with Crippen LogP contribution in [-0.4, -0.2) is 29.3 Å². The number of halogens is 1. The number of ether oxygens (including phenoxy) is 2. The maximum atomic E-state index is 12.3. The quantitative estimate of drug-likeness (QED) is 0.928. The van der Waals surface area contributed by atoms with Crippen molar-refractivity contribution in [2.45, 2.75) is 19.8 Å². The number of carbonyl (C=O) groups is 1. The van der Waals surface area contributed by atoms with Crippen LogP contribution in [-0.2, 0) is 0 Å². The molecule has 0 saturated carbocycles. The number of hydrogen-bond donors (Lipinski definition) is 1. The zero-order chi connectivity index (χ0) is 15.7. The van der Waals surface area contributed by atoms with E-state index in [-0.39, 0.29) is 11.8 Å². The Bertz CT molecular complexity index is 717. The van der Waals surface area contributed by atoms with Crippen LogP contribution in [0.1, 0.15) is 35.1 Å². The zero-order valence-electron chi connectivity index (χ0n) is 12.1. The number of nitrogens with zero attached hydrogens (tertiary/aromatic N) is 2. The van der Waals surface area contributed by atoms with Crippen LogP contribution in [0.25, 0.3) is 0 Å². The van der Waals surface area contributed by atoms with Crippen molar-refractivity contribution in [2.24, 2.45) is 0 Å². The molecule has 1 aliphatic rings. The van der Waals surface area contributed by atoms with Crippen molar-refractivity contribution in [3.05, 3.63) is 27.7 Å². The molecule has 6 nitrogen and oxygen atoms in total. The van der Waals surface area contributed by atoms with Gasteiger partial charge in [-0.05, 0) is 12.1 Å². The first-order chi connectivity index (χ1) is 10.5. The molecule has 3 rings (SSSR count). The zero-order valence-corrected chi connectivity index (χ0v) is 13.6. The van der Waals surface area contributed by atoms with Crippen molar-refractivity contribution < 1.29 is 14.3 Å². The lowest BCUT2D eigenvalue weighted by atomic mass is 10.2. The molecule has 0 spiro atoms. The first kappa shape index (κ1) is 15.1. The predicted octanol–water partition coefficient (Wildman–Crippen LogP) is 3.34. The molecule has 1 amide bonds. The fourth-order valence-electron chi connectivity index (χ4n) is 1.93. The van der Waals surface area contributed by atoms with Gasteiger partial charge in [0.1, 0.15) is 18.2 Å². The van der Waals surface area contributed by atoms with Crippen molar-refractivity contribution in [1.82, 2.24) is 10.2 Å². The van der Waals surface area contributed by atoms with Crippen molar-refractivity contribution in [1.29, 1.82) is 0 Å². The summed E-state index contributed by atoms with van der Waals surface area (Å²) in [5.74, 6) is 0.906. The maximum Gasteiger partial charge on any atom is 0.257 e. The summed E-state index contributed by atoms with van der Waals surface area (Å²) in [5, 5.41) is 12.4. The van der Waals surface area contributed by atoms with Crippen molar-refractivity contribution in [2.75, 3.05) is 18.5 Å². The van der Waals surface area contributed by atoms with Crippen molar-refractivity contribution in [3.8, 4) is 11.5 Å². The molecule has 22 heavy (non-hydrogen) atoms. The van der Waals surface area contributed by atoms with Gasteiger partial charge in [-0.2, -0.15) is 0 Å². The van der Waals surface area contributed by atoms with Crippen LogP contribution in [0.2, 0.25) is 5.02 Å². The van der Waals surface area contributed by atoms with E-state index in [1.807, 2.05) is 13.8 Å². The number of fused-ring (bicyclic) bond motifs is 1. The molecular formula is C14H14ClN3O3S. The summed E-state index contributed by atoms with van der Waals surface area (Å²) < 4.78 is 10.9. The molecule has 1 aromatic carbocycles. The van der Waals surface area contributed by atoms with Crippen LogP contribution in [0.5, 0.6) is 11.5 Å². The lowest BCUT2D eigenvalue weighted by Crippen LogP contribution is -2.17. The highest BCUT2D eigenvalue weighted by Gasteiger charge is 2.20. The van der Waals surface area contributed by atoms with E-state index in [0.717, 1.165) is 5.01 Å². The SMILES string of the molecule is CC(C)c1nnc(NC(=O)c2cc(Cl)c3c(c2)OCCO3)s1. The first-order valence-corrected chi connectivity index (χ1v) is 7.98. The normalized spacial score (nSPS) is 13.3. The standard InChI is InChI=1S/C14H14ClN3O3S/c1-7(2)13-17-18-14(22-13)16-12(19)8-5-9(15)11-10(6-8)20-3-4-21-11/h5-7H,3-4H2,1-2H3,(H,16,18,19). The third kappa shape index (κ3) is 3.00. The third-order valence-electron chi connectivity index (χ3n) is 3.01. The predicted molar refractivity (Wildman–Crippen MR) is 84.4 cm³/mol. The number of benzene rings is 1. The Balaban J connectivity index is 1.81. The highest BCUT2D eigenvalue weighted by molar-refractivity contribution is 7.15. The van der Waals surface area contributed by atoms with E-state index in [4.69, 9.17) is 21.1 Å². The van der Waals surface area contributed by atoms with E-state index >= 15 is 0 Å². The third-order valence-corrected chi connectivity index (χ3v) is 4.43. The Labute approximate surface area is 136 Å². The Morgan fingerprint density at radius 3 is 2.82 bits per heavy atom. The number of amides is 1. The van der Waals surface area contributed by atoms with Crippen LogP contribution < -0.4 is 14.8 Å². The van der Waals surface area contributed by atoms with E-state index in [9.17, 15) is 4.79 Å². The molecule has 8 heteroatoms. The number of hydrogen-bond acceptors (Lipinski definition) is 6. The number of nitrogens with one attached hydrogen (secondary N) is 1. The molecule has 0 fully saturated rings. The molecular weight excluding hydrogens is 326 g/mol. The lowest BCUT2D eigenvalue weighted by Gasteiger charge is -2.20. The van der Waals surface area contributed by atoms with Gasteiger partial charge in [-0.15, -0.1) is 10.2 Å². The number of carbonyl (C=O) groups excluding carboxylic acids is 1. The number of aromatic nitrogens is 2. The van der Waals surface area contributed by atoms with E-state index in [0.29, 0.717) is 40.4 Å². The Kier molecular flexibility index (Phi) is 4.17. The first-order valence-electron chi connectivity index (χ1n) is 6.78. The Hall–Kier alpha value is -1.86. The molecule has 0 bridgehead atoms. The highest BCUT2D eigenvalue weighted by Crippen LogP contribution is 2.38. The largest absolute Gasteiger partial charge is 0.486 e. The lowest BCUT2D eigenvalue weighted by molar-refractivity contribution is 0.102. The van der Waals surface area contributed by atoms with E-state index in [1.54, 1.807) is 12.1 Å². The number of rotatable bonds is 3. The van der Waals surface area contributed by atoms with Crippen LogP contribution in [0.4, 0.5) is 5.13 Å². The molecule has 0 saturated heterocycles. The topological polar surface area (TPSA) is 73.3 Å². The average Bonchev–Trinajstić information content (AvgIpc) is 2.96. The summed E-state index contributed by atoms with van der Waals surface area (Å²) in [7, 11) is 0. The van der Waals surface area contributed by atoms with Crippen LogP contribution in [0.15, 0.2) is 12.1 Å². The monoisotopic (exact) mass is 339 g/mol. The molecule has 1 N–H and O–H groups in total. The fraction of sp³-hybridized carbons (Fsp3) is 0.357. The Morgan fingerprint density at radius 2 is 2.09 bits per heavy atom. The second-order valence-electron chi connectivity index (χ2n) is 5.04. The summed E-state index contributed by atoms with van der Waals surface area (Å²) in [4.78, 5) is 12.3. The second kappa shape index (κ2) is 6.10. The molecule has 0 unspecified atom stereocenters. The maximum absolute atomic E-state index is 12.3. The van der Waals surface area contributed by atoms with E-state index in [2.05, 4.69) is 15.5 Å². The van der Waals surface area contributed by atoms with Crippen LogP contribution in [0.3, 0.4) is 0 Å². The van der Waals surface area contributed by atoms with Gasteiger partial charge < -0.3 is 9.47 Å². The molecule has 1 aliphatic heterocycles. The average molecular weight is 340 g/mol. The van der Waals surface area contributed by atoms with Gasteiger partial charge in [0, 0.05) is 11.5 Å². The van der Waals surface area contributed by atoms with Gasteiger partial charge in [0.05, 0.1) is 5.02 Å². The van der Waals surface area contributed by atoms with Gasteiger partial charge in [0.15, 0.2) is 11.5 Å². The molecule has 116 valence electrons. The minimum atomic E-state index is -0.315. The van der Waals surface area contributed by atoms with E-state index in [1.165, 1.54) is 11.3 Å². The van der Waals surface area contributed by atoms with Crippen LogP contribution in [0, 0.1) is 0 Å². The van der Waals surface area contributed by atoms with Gasteiger partial charge >= 0.3 is 0 Å². The summed E-state index contributed by atoms with van der Waals surface area (Å²) in [5.41, 5.74) is 0.385. The van der Waals surface area contributed by atoms with Crippen molar-refractivity contribution >= 4 is 34.0 Å². The molecule has 0 atom stereocenters. The Morgan fingerprint density at radius 1 is 1.32 bits per heavy atom. The minimum Gasteiger partial charge on any atom is -0.486 e. The molecule has 1 aromatic heterocycles. The highest BCUT2D eigenvalue weighted by atomic mass is 35.5. The molecule has 0 aliphatic carbocycles. The molecule has 2 heterocycles. The minimum absolute atomic E-state index is 0.270. The van der Waals surface area contributed by atoms with Gasteiger partial charge in [-0.25, -0.2) is 0 Å². The summed E-state index contributed by atoms with van der Waals surface area (Å²) in [6.07, 6.45) is 0. The summed E-state index contributed by atoms with van der Waals surface area (Å²) in [6, 6.07) is 3.16. The molecule has 0 radical (unpaired) electrons. The van der Waals surface area contributed by atoms with Gasteiger partial charge in [-0.1, -0.05) is 36.8 Å². The van der Waals surface area contributed by atoms with Gasteiger partial charge in [-0.3, -0.25) is 10.1 Å². The van der Waals surface area contributed by atoms with Gasteiger partial charge in [0.25, 0.3) is 5.91 Å². The number of anilines is 1. The summed E-state index contributed by atoms with van der Waals surface area (Å²) in [6.45, 7) is 4.92. The summed E-state index contributed by atoms with van der Waals surface area (Å²) >= 11 is 7.48.